The van der Waals surface area contributed by atoms with Crippen molar-refractivity contribution in [3.63, 3.8) is 0 Å². The van der Waals surface area contributed by atoms with Crippen molar-refractivity contribution >= 4 is 22.7 Å². The fraction of sp³-hybridized carbons (Fsp3) is 0.296. The fourth-order valence-corrected chi connectivity index (χ4v) is 3.80. The molecule has 0 saturated carbocycles. The molecule has 0 spiro atoms. The summed E-state index contributed by atoms with van der Waals surface area (Å²) in [6.07, 6.45) is 8.87. The molecule has 0 amide bonds. The highest BCUT2D eigenvalue weighted by Crippen LogP contribution is 2.35. The zero-order chi connectivity index (χ0) is 22.0. The van der Waals surface area contributed by atoms with Crippen molar-refractivity contribution in [2.45, 2.75) is 13.8 Å². The van der Waals surface area contributed by atoms with Gasteiger partial charge in [-0.3, -0.25) is 0 Å². The number of halogens is 1. The molecule has 0 saturated heterocycles. The Morgan fingerprint density at radius 1 is 0.677 bits per heavy atom. The normalized spacial score (nSPS) is 12.5. The van der Waals surface area contributed by atoms with E-state index in [2.05, 4.69) is 131 Å². The van der Waals surface area contributed by atoms with Gasteiger partial charge in [-0.15, -0.1) is 0 Å². The van der Waals surface area contributed by atoms with Crippen molar-refractivity contribution < 1.29 is 17.0 Å². The molecule has 0 fully saturated rings. The van der Waals surface area contributed by atoms with E-state index >= 15 is 0 Å². The molecule has 31 heavy (non-hydrogen) atoms. The Hall–Kier alpha value is -2.78. The average molecular weight is 436 g/mol. The average Bonchev–Trinajstić information content (AvgIpc) is 2.70. The summed E-state index contributed by atoms with van der Waals surface area (Å²) in [5.74, 6) is 0. The van der Waals surface area contributed by atoms with Gasteiger partial charge in [0.1, 0.15) is 14.1 Å². The van der Waals surface area contributed by atoms with Crippen LogP contribution in [-0.2, 0) is 0 Å². The van der Waals surface area contributed by atoms with Crippen molar-refractivity contribution in [2.75, 3.05) is 52.1 Å². The van der Waals surface area contributed by atoms with Crippen LogP contribution in [0, 0.1) is 13.8 Å². The molecule has 2 aromatic rings. The fourth-order valence-electron chi connectivity index (χ4n) is 3.80. The van der Waals surface area contributed by atoms with Crippen LogP contribution in [0.4, 0.5) is 11.4 Å². The van der Waals surface area contributed by atoms with Crippen molar-refractivity contribution in [3.8, 4) is 0 Å². The van der Waals surface area contributed by atoms with Gasteiger partial charge in [-0.25, -0.2) is 4.58 Å². The van der Waals surface area contributed by atoms with Gasteiger partial charge < -0.3 is 22.2 Å². The lowest BCUT2D eigenvalue weighted by molar-refractivity contribution is -0.462. The van der Waals surface area contributed by atoms with Gasteiger partial charge in [0.15, 0.2) is 5.71 Å². The van der Waals surface area contributed by atoms with E-state index in [9.17, 15) is 0 Å². The molecule has 2 aromatic carbocycles. The molecule has 0 heterocycles. The van der Waals surface area contributed by atoms with Crippen molar-refractivity contribution in [1.29, 1.82) is 0 Å². The predicted octanol–water partition coefficient (Wildman–Crippen LogP) is 2.08. The molecule has 0 aromatic heterocycles. The predicted molar refractivity (Wildman–Crippen MR) is 132 cm³/mol. The maximum Gasteiger partial charge on any atom is 0.199 e. The van der Waals surface area contributed by atoms with Crippen LogP contribution in [0.25, 0.3) is 5.57 Å². The van der Waals surface area contributed by atoms with Crippen molar-refractivity contribution in [3.05, 3.63) is 88.5 Å². The number of hydrogen-bond acceptors (Lipinski definition) is 2. The van der Waals surface area contributed by atoms with Gasteiger partial charge in [0.25, 0.3) is 0 Å². The highest BCUT2D eigenvalue weighted by Gasteiger charge is 2.17. The van der Waals surface area contributed by atoms with Gasteiger partial charge in [0.05, 0.1) is 0 Å². The van der Waals surface area contributed by atoms with E-state index in [0.29, 0.717) is 0 Å². The Morgan fingerprint density at radius 3 is 1.42 bits per heavy atom. The summed E-state index contributed by atoms with van der Waals surface area (Å²) in [6, 6.07) is 13.5. The molecule has 1 aliphatic rings. The molecule has 164 valence electrons. The number of anilines is 2. The molecule has 3 rings (SSSR count). The monoisotopic (exact) mass is 435 g/mol. The number of allylic oxidation sites excluding steroid dienone is 5. The van der Waals surface area contributed by atoms with Crippen LogP contribution in [0.2, 0.25) is 0 Å². The van der Waals surface area contributed by atoms with Crippen LogP contribution in [0.15, 0.2) is 66.3 Å². The molecule has 3 nitrogen and oxygen atoms in total. The van der Waals surface area contributed by atoms with Gasteiger partial charge in [0, 0.05) is 51.7 Å². The lowest BCUT2D eigenvalue weighted by atomic mass is 9.86. The molecule has 0 radical (unpaired) electrons. The Labute approximate surface area is 194 Å². The van der Waals surface area contributed by atoms with Crippen LogP contribution < -0.4 is 22.2 Å². The summed E-state index contributed by atoms with van der Waals surface area (Å²) in [5, 5.41) is 0. The Bertz CT molecular complexity index is 1000. The van der Waals surface area contributed by atoms with Gasteiger partial charge in [-0.05, 0) is 83.7 Å². The van der Waals surface area contributed by atoms with E-state index in [0.717, 1.165) is 0 Å². The highest BCUT2D eigenvalue weighted by atomic mass is 35.5. The quantitative estimate of drug-likeness (QED) is 0.680. The minimum Gasteiger partial charge on any atom is -1.00 e. The zero-order valence-corrected chi connectivity index (χ0v) is 20.7. The smallest absolute Gasteiger partial charge is 0.199 e. The lowest BCUT2D eigenvalue weighted by Gasteiger charge is -2.21. The number of aryl methyl sites for hydroxylation is 2. The van der Waals surface area contributed by atoms with Gasteiger partial charge >= 0.3 is 0 Å². The van der Waals surface area contributed by atoms with Crippen LogP contribution in [0.5, 0.6) is 0 Å². The largest absolute Gasteiger partial charge is 1.00 e. The standard InChI is InChI=1S/C27H34N3.ClH/c1-19-17-23(29(5)6)13-15-25(19)27(21-9-11-22(12-10-21)28(3)4)26-16-14-24(30(7)8)18-20(26)2;/h9-18H,1-8H3;1H/q+1;/p-1. The third-order valence-corrected chi connectivity index (χ3v) is 5.66. The van der Waals surface area contributed by atoms with E-state index in [4.69, 9.17) is 0 Å². The molecule has 4 heteroatoms. The van der Waals surface area contributed by atoms with Crippen LogP contribution in [0.3, 0.4) is 0 Å². The molecular formula is C27H34ClN3. The first-order valence-corrected chi connectivity index (χ1v) is 10.4. The summed E-state index contributed by atoms with van der Waals surface area (Å²) in [5.41, 5.74) is 11.3. The first-order chi connectivity index (χ1) is 14.2. The second-order valence-corrected chi connectivity index (χ2v) is 8.60. The third kappa shape index (κ3) is 5.29. The number of rotatable bonds is 4. The molecule has 1 aliphatic carbocycles. The van der Waals surface area contributed by atoms with Crippen molar-refractivity contribution in [2.24, 2.45) is 0 Å². The van der Waals surface area contributed by atoms with Crippen LogP contribution >= 0.6 is 0 Å². The summed E-state index contributed by atoms with van der Waals surface area (Å²) < 4.78 is 2.14. The van der Waals surface area contributed by atoms with E-state index in [1.54, 1.807) is 0 Å². The minimum atomic E-state index is 0. The second-order valence-electron chi connectivity index (χ2n) is 8.60. The van der Waals surface area contributed by atoms with Crippen molar-refractivity contribution in [1.82, 2.24) is 0 Å². The minimum absolute atomic E-state index is 0. The van der Waals surface area contributed by atoms with Crippen LogP contribution in [0.1, 0.15) is 22.3 Å². The number of hydrogen-bond donors (Lipinski definition) is 0. The van der Waals surface area contributed by atoms with E-state index in [1.807, 2.05) is 0 Å². The van der Waals surface area contributed by atoms with Gasteiger partial charge in [-0.1, -0.05) is 12.1 Å². The van der Waals surface area contributed by atoms with Gasteiger partial charge in [0.2, 0.25) is 0 Å². The zero-order valence-electron chi connectivity index (χ0n) is 20.0. The van der Waals surface area contributed by atoms with E-state index in [1.165, 1.54) is 50.5 Å². The Morgan fingerprint density at radius 2 is 1.10 bits per heavy atom. The molecule has 0 aliphatic heterocycles. The number of nitrogens with zero attached hydrogens (tertiary/aromatic N) is 3. The lowest BCUT2D eigenvalue weighted by Crippen LogP contribution is -3.00. The Kier molecular flexibility index (Phi) is 7.91. The summed E-state index contributed by atoms with van der Waals surface area (Å²) in [4.78, 5) is 4.30. The topological polar surface area (TPSA) is 9.49 Å². The molecule has 0 N–H and O–H groups in total. The first kappa shape index (κ1) is 24.5. The van der Waals surface area contributed by atoms with Gasteiger partial charge in [-0.2, -0.15) is 0 Å². The molecule has 0 unspecified atom stereocenters. The third-order valence-electron chi connectivity index (χ3n) is 5.66. The van der Waals surface area contributed by atoms with E-state index in [-0.39, 0.29) is 12.4 Å². The van der Waals surface area contributed by atoms with Crippen LogP contribution in [-0.4, -0.2) is 52.6 Å². The molecular weight excluding hydrogens is 402 g/mol. The summed E-state index contributed by atoms with van der Waals surface area (Å²) >= 11 is 0. The first-order valence-electron chi connectivity index (χ1n) is 10.4. The van der Waals surface area contributed by atoms with E-state index < -0.39 is 0 Å². The molecule has 0 atom stereocenters. The number of benzene rings is 2. The Balaban J connectivity index is 0.00000341. The second kappa shape index (κ2) is 10.0. The SMILES string of the molecule is Cc1cc(N(C)C)ccc1C(=C1C=CC(=[N+](C)C)C=C1)c1ccc(N(C)C)cc1C.[Cl-]. The highest BCUT2D eigenvalue weighted by molar-refractivity contribution is 6.04. The maximum absolute atomic E-state index is 2.27. The summed E-state index contributed by atoms with van der Waals surface area (Å²) in [7, 11) is 12.5. The molecule has 0 bridgehead atoms. The summed E-state index contributed by atoms with van der Waals surface area (Å²) in [6.45, 7) is 4.42. The maximum atomic E-state index is 2.27.